The summed E-state index contributed by atoms with van der Waals surface area (Å²) in [7, 11) is -0.844. The van der Waals surface area contributed by atoms with Crippen molar-refractivity contribution in [2.45, 2.75) is 11.8 Å². The lowest BCUT2D eigenvalue weighted by Crippen LogP contribution is -2.29. The standard InChI is InChI=1S/C20H20N2O5S2/c1-4-22-19(23)18(13-14-10-11-16(26-2)17(12-14)27-3)28-20(22)21-29(24,25)15-8-6-5-7-9-15/h5-13H,4H2,1-3H3/b18-13+,21-20?. The second kappa shape index (κ2) is 8.71. The number of carbonyl (C=O) groups excluding carboxylic acids is 1. The fraction of sp³-hybridized carbons (Fsp3) is 0.200. The number of likely N-dealkylation sites (N-methyl/N-ethyl adjacent to an activating group) is 1. The van der Waals surface area contributed by atoms with Crippen LogP contribution in [0, 0.1) is 0 Å². The van der Waals surface area contributed by atoms with Crippen molar-refractivity contribution in [1.29, 1.82) is 0 Å². The van der Waals surface area contributed by atoms with Gasteiger partial charge in [-0.25, -0.2) is 0 Å². The van der Waals surface area contributed by atoms with Gasteiger partial charge >= 0.3 is 0 Å². The van der Waals surface area contributed by atoms with E-state index < -0.39 is 10.0 Å². The SMILES string of the molecule is CCN1C(=O)/C(=C\c2ccc(OC)c(OC)c2)SC1=NS(=O)(=O)c1ccccc1. The van der Waals surface area contributed by atoms with Crippen molar-refractivity contribution < 1.29 is 22.7 Å². The number of methoxy groups -OCH3 is 2. The maximum absolute atomic E-state index is 12.8. The maximum atomic E-state index is 12.8. The van der Waals surface area contributed by atoms with E-state index in [0.717, 1.165) is 17.3 Å². The van der Waals surface area contributed by atoms with E-state index in [4.69, 9.17) is 9.47 Å². The molecule has 0 unspecified atom stereocenters. The van der Waals surface area contributed by atoms with E-state index in [1.165, 1.54) is 24.1 Å². The Morgan fingerprint density at radius 2 is 1.76 bits per heavy atom. The van der Waals surface area contributed by atoms with Crippen molar-refractivity contribution in [3.8, 4) is 11.5 Å². The zero-order valence-electron chi connectivity index (χ0n) is 16.2. The molecule has 0 bridgehead atoms. The molecule has 1 aliphatic rings. The summed E-state index contributed by atoms with van der Waals surface area (Å²) in [5.74, 6) is 0.811. The summed E-state index contributed by atoms with van der Waals surface area (Å²) >= 11 is 1.03. The van der Waals surface area contributed by atoms with E-state index in [-0.39, 0.29) is 16.0 Å². The number of sulfonamides is 1. The van der Waals surface area contributed by atoms with Crippen LogP contribution in [0.15, 0.2) is 62.7 Å². The molecule has 3 rings (SSSR count). The van der Waals surface area contributed by atoms with Crippen LogP contribution < -0.4 is 9.47 Å². The van der Waals surface area contributed by atoms with Gasteiger partial charge in [-0.15, -0.1) is 4.40 Å². The highest BCUT2D eigenvalue weighted by molar-refractivity contribution is 8.19. The van der Waals surface area contributed by atoms with Crippen LogP contribution in [0.1, 0.15) is 12.5 Å². The van der Waals surface area contributed by atoms with Crippen LogP contribution >= 0.6 is 11.8 Å². The van der Waals surface area contributed by atoms with Crippen molar-refractivity contribution in [3.05, 3.63) is 59.0 Å². The van der Waals surface area contributed by atoms with Crippen LogP contribution in [0.25, 0.3) is 6.08 Å². The largest absolute Gasteiger partial charge is 0.493 e. The Morgan fingerprint density at radius 3 is 2.38 bits per heavy atom. The number of hydrogen-bond donors (Lipinski definition) is 0. The van der Waals surface area contributed by atoms with Crippen molar-refractivity contribution in [3.63, 3.8) is 0 Å². The predicted molar refractivity (Wildman–Crippen MR) is 114 cm³/mol. The van der Waals surface area contributed by atoms with Crippen LogP contribution in [0.4, 0.5) is 0 Å². The first-order valence-electron chi connectivity index (χ1n) is 8.73. The van der Waals surface area contributed by atoms with Crippen molar-refractivity contribution in [2.24, 2.45) is 4.40 Å². The fourth-order valence-corrected chi connectivity index (χ4v) is 4.96. The second-order valence-corrected chi connectivity index (χ2v) is 8.55. The number of nitrogens with zero attached hydrogens (tertiary/aromatic N) is 2. The number of ether oxygens (including phenoxy) is 2. The van der Waals surface area contributed by atoms with E-state index in [9.17, 15) is 13.2 Å². The molecule has 7 nitrogen and oxygen atoms in total. The molecule has 0 aliphatic carbocycles. The summed E-state index contributed by atoms with van der Waals surface area (Å²) in [6, 6.07) is 13.2. The summed E-state index contributed by atoms with van der Waals surface area (Å²) in [6.07, 6.45) is 1.68. The Hall–Kier alpha value is -2.78. The maximum Gasteiger partial charge on any atom is 0.284 e. The van der Waals surface area contributed by atoms with Gasteiger partial charge in [0, 0.05) is 6.54 Å². The highest BCUT2D eigenvalue weighted by Gasteiger charge is 2.34. The molecular formula is C20H20N2O5S2. The molecule has 1 aliphatic heterocycles. The average molecular weight is 433 g/mol. The first-order chi connectivity index (χ1) is 13.9. The third-order valence-corrected chi connectivity index (χ3v) is 6.55. The predicted octanol–water partition coefficient (Wildman–Crippen LogP) is 3.38. The molecule has 1 fully saturated rings. The lowest BCUT2D eigenvalue weighted by atomic mass is 10.2. The minimum Gasteiger partial charge on any atom is -0.493 e. The molecule has 1 amide bonds. The van der Waals surface area contributed by atoms with Gasteiger partial charge in [0.1, 0.15) is 0 Å². The summed E-state index contributed by atoms with van der Waals surface area (Å²) in [4.78, 5) is 14.6. The summed E-state index contributed by atoms with van der Waals surface area (Å²) in [5.41, 5.74) is 0.724. The normalized spacial score (nSPS) is 17.2. The lowest BCUT2D eigenvalue weighted by molar-refractivity contribution is -0.122. The van der Waals surface area contributed by atoms with Crippen molar-refractivity contribution >= 4 is 38.9 Å². The molecular weight excluding hydrogens is 412 g/mol. The molecule has 0 saturated carbocycles. The van der Waals surface area contributed by atoms with E-state index in [1.807, 2.05) is 0 Å². The third kappa shape index (κ3) is 4.46. The molecule has 152 valence electrons. The van der Waals surface area contributed by atoms with Crippen LogP contribution in [0.3, 0.4) is 0 Å². The number of amides is 1. The zero-order valence-corrected chi connectivity index (χ0v) is 17.8. The van der Waals surface area contributed by atoms with Gasteiger partial charge in [0.05, 0.1) is 24.0 Å². The van der Waals surface area contributed by atoms with Crippen molar-refractivity contribution in [2.75, 3.05) is 20.8 Å². The molecule has 2 aromatic carbocycles. The number of benzene rings is 2. The molecule has 0 spiro atoms. The summed E-state index contributed by atoms with van der Waals surface area (Å²) < 4.78 is 39.6. The Morgan fingerprint density at radius 1 is 1.07 bits per heavy atom. The molecule has 9 heteroatoms. The van der Waals surface area contributed by atoms with E-state index in [1.54, 1.807) is 56.5 Å². The number of amidine groups is 1. The number of thioether (sulfide) groups is 1. The summed E-state index contributed by atoms with van der Waals surface area (Å²) in [5, 5.41) is 0.132. The van der Waals surface area contributed by atoms with Gasteiger partial charge in [-0.2, -0.15) is 8.42 Å². The van der Waals surface area contributed by atoms with E-state index in [0.29, 0.717) is 22.9 Å². The minimum atomic E-state index is -3.92. The van der Waals surface area contributed by atoms with Crippen LogP contribution in [0.2, 0.25) is 0 Å². The molecule has 0 N–H and O–H groups in total. The molecule has 1 saturated heterocycles. The highest BCUT2D eigenvalue weighted by Crippen LogP contribution is 2.35. The Kier molecular flexibility index (Phi) is 6.29. The van der Waals surface area contributed by atoms with Gasteiger partial charge in [0.15, 0.2) is 16.7 Å². The quantitative estimate of drug-likeness (QED) is 0.651. The van der Waals surface area contributed by atoms with E-state index in [2.05, 4.69) is 4.40 Å². The Balaban J connectivity index is 1.96. The van der Waals surface area contributed by atoms with Crippen LogP contribution in [-0.2, 0) is 14.8 Å². The van der Waals surface area contributed by atoms with Gasteiger partial charge in [-0.3, -0.25) is 9.69 Å². The average Bonchev–Trinajstić information content (AvgIpc) is 3.01. The molecule has 0 atom stereocenters. The third-order valence-electron chi connectivity index (χ3n) is 4.15. The number of hydrogen-bond acceptors (Lipinski definition) is 6. The molecule has 1 heterocycles. The highest BCUT2D eigenvalue weighted by atomic mass is 32.2. The van der Waals surface area contributed by atoms with Crippen LogP contribution in [-0.4, -0.2) is 45.2 Å². The Bertz CT molecular complexity index is 1080. The van der Waals surface area contributed by atoms with E-state index >= 15 is 0 Å². The first kappa shape index (κ1) is 20.9. The van der Waals surface area contributed by atoms with Gasteiger partial charge in [-0.05, 0) is 54.6 Å². The van der Waals surface area contributed by atoms with Crippen LogP contribution in [0.5, 0.6) is 11.5 Å². The van der Waals surface area contributed by atoms with Gasteiger partial charge in [-0.1, -0.05) is 24.3 Å². The molecule has 0 aromatic heterocycles. The minimum absolute atomic E-state index is 0.0777. The monoisotopic (exact) mass is 432 g/mol. The fourth-order valence-electron chi connectivity index (χ4n) is 2.70. The number of carbonyl (C=O) groups is 1. The topological polar surface area (TPSA) is 85.3 Å². The Labute approximate surface area is 174 Å². The van der Waals surface area contributed by atoms with Crippen molar-refractivity contribution in [1.82, 2.24) is 4.90 Å². The van der Waals surface area contributed by atoms with Gasteiger partial charge < -0.3 is 9.47 Å². The zero-order chi connectivity index (χ0) is 21.0. The lowest BCUT2D eigenvalue weighted by Gasteiger charge is -2.11. The summed E-state index contributed by atoms with van der Waals surface area (Å²) in [6.45, 7) is 2.07. The van der Waals surface area contributed by atoms with Gasteiger partial charge in [0.2, 0.25) is 0 Å². The second-order valence-electron chi connectivity index (χ2n) is 5.94. The smallest absolute Gasteiger partial charge is 0.284 e. The molecule has 0 radical (unpaired) electrons. The number of rotatable bonds is 6. The first-order valence-corrected chi connectivity index (χ1v) is 11.0. The van der Waals surface area contributed by atoms with Gasteiger partial charge in [0.25, 0.3) is 15.9 Å². The molecule has 2 aromatic rings. The molecule has 29 heavy (non-hydrogen) atoms.